The number of pyridine rings is 1. The van der Waals surface area contributed by atoms with Crippen LogP contribution in [0.5, 0.6) is 0 Å². The lowest BCUT2D eigenvalue weighted by Gasteiger charge is -2.22. The number of fused-ring (bicyclic) bond motifs is 1. The summed E-state index contributed by atoms with van der Waals surface area (Å²) < 4.78 is 38.2. The van der Waals surface area contributed by atoms with E-state index >= 15 is 0 Å². The van der Waals surface area contributed by atoms with E-state index < -0.39 is 11.9 Å². The number of nitrogen functional groups attached to an aromatic ring is 1. The van der Waals surface area contributed by atoms with Crippen molar-refractivity contribution in [1.82, 2.24) is 20.1 Å². The van der Waals surface area contributed by atoms with Gasteiger partial charge in [0.25, 0.3) is 5.91 Å². The molecule has 1 fully saturated rings. The van der Waals surface area contributed by atoms with Crippen LogP contribution in [0, 0.1) is 5.92 Å². The first kappa shape index (κ1) is 21.0. The van der Waals surface area contributed by atoms with E-state index in [4.69, 9.17) is 5.73 Å². The minimum Gasteiger partial charge on any atom is -0.392 e. The lowest BCUT2D eigenvalue weighted by atomic mass is 10.0. The van der Waals surface area contributed by atoms with Gasteiger partial charge in [-0.3, -0.25) is 4.79 Å². The quantitative estimate of drug-likeness (QED) is 0.621. The van der Waals surface area contributed by atoms with Gasteiger partial charge in [-0.15, -0.1) is 5.10 Å². The number of benzene rings is 1. The van der Waals surface area contributed by atoms with E-state index in [2.05, 4.69) is 15.2 Å². The molecule has 2 heterocycles. The summed E-state index contributed by atoms with van der Waals surface area (Å²) in [7, 11) is 0. The van der Waals surface area contributed by atoms with E-state index in [1.54, 1.807) is 29.2 Å². The standard InChI is InChI=1S/C21H20F3N5O2/c22-21(23,24)18-6-4-15(27-28-18)10-29(9-12-1-2-12)20(31)13-3-5-17-16(7-13)14(11-30)8-19(25)26-17/h3-8,12,30H,1-2,9-11H2,(H2,25,26). The lowest BCUT2D eigenvalue weighted by molar-refractivity contribution is -0.141. The predicted molar refractivity (Wildman–Crippen MR) is 107 cm³/mol. The molecule has 1 aromatic carbocycles. The third-order valence-electron chi connectivity index (χ3n) is 5.16. The van der Waals surface area contributed by atoms with E-state index in [-0.39, 0.29) is 30.6 Å². The summed E-state index contributed by atoms with van der Waals surface area (Å²) in [6, 6.07) is 8.58. The number of amides is 1. The third-order valence-corrected chi connectivity index (χ3v) is 5.16. The van der Waals surface area contributed by atoms with Gasteiger partial charge in [0.15, 0.2) is 5.69 Å². The average molecular weight is 431 g/mol. The maximum atomic E-state index is 13.2. The first-order chi connectivity index (χ1) is 14.7. The number of nitrogens with two attached hydrogens (primary N) is 1. The molecule has 162 valence electrons. The van der Waals surface area contributed by atoms with Crippen molar-refractivity contribution >= 4 is 22.6 Å². The molecule has 2 aromatic heterocycles. The van der Waals surface area contributed by atoms with Gasteiger partial charge in [0.05, 0.1) is 24.4 Å². The molecule has 0 bridgehead atoms. The Balaban J connectivity index is 1.62. The largest absolute Gasteiger partial charge is 0.435 e. The van der Waals surface area contributed by atoms with Crippen molar-refractivity contribution in [3.05, 3.63) is 58.9 Å². The number of aliphatic hydroxyl groups excluding tert-OH is 1. The molecule has 3 N–H and O–H groups in total. The van der Waals surface area contributed by atoms with Gasteiger partial charge < -0.3 is 15.7 Å². The summed E-state index contributed by atoms with van der Waals surface area (Å²) in [5.41, 5.74) is 6.44. The molecular formula is C21H20F3N5O2. The molecule has 0 radical (unpaired) electrons. The van der Waals surface area contributed by atoms with E-state index in [1.807, 2.05) is 0 Å². The van der Waals surface area contributed by atoms with Gasteiger partial charge in [-0.05, 0) is 60.7 Å². The number of aliphatic hydroxyl groups is 1. The van der Waals surface area contributed by atoms with Crippen molar-refractivity contribution in [2.24, 2.45) is 5.92 Å². The fourth-order valence-corrected chi connectivity index (χ4v) is 3.39. The van der Waals surface area contributed by atoms with Crippen LogP contribution in [-0.4, -0.2) is 37.6 Å². The molecule has 0 spiro atoms. The van der Waals surface area contributed by atoms with Crippen LogP contribution in [0.25, 0.3) is 10.9 Å². The number of nitrogens with zero attached hydrogens (tertiary/aromatic N) is 4. The second-order valence-corrected chi connectivity index (χ2v) is 7.63. The number of carbonyl (C=O) groups is 1. The van der Waals surface area contributed by atoms with Crippen LogP contribution in [0.1, 0.15) is 40.2 Å². The highest BCUT2D eigenvalue weighted by Gasteiger charge is 2.33. The molecule has 4 rings (SSSR count). The molecule has 3 aromatic rings. The number of halogens is 3. The molecule has 10 heteroatoms. The molecule has 0 saturated heterocycles. The molecule has 0 aliphatic heterocycles. The van der Waals surface area contributed by atoms with Crippen LogP contribution in [0.15, 0.2) is 36.4 Å². The molecule has 7 nitrogen and oxygen atoms in total. The van der Waals surface area contributed by atoms with Crippen LogP contribution >= 0.6 is 0 Å². The molecule has 1 amide bonds. The minimum absolute atomic E-state index is 0.0470. The van der Waals surface area contributed by atoms with Gasteiger partial charge in [-0.1, -0.05) is 0 Å². The van der Waals surface area contributed by atoms with Crippen LogP contribution in [0.2, 0.25) is 0 Å². The number of carbonyl (C=O) groups excluding carboxylic acids is 1. The molecular weight excluding hydrogens is 411 g/mol. The highest BCUT2D eigenvalue weighted by Crippen LogP contribution is 2.31. The molecule has 1 saturated carbocycles. The number of hydrogen-bond donors (Lipinski definition) is 2. The molecule has 0 unspecified atom stereocenters. The Bertz CT molecular complexity index is 1110. The Morgan fingerprint density at radius 2 is 1.94 bits per heavy atom. The van der Waals surface area contributed by atoms with Crippen LogP contribution < -0.4 is 5.73 Å². The maximum absolute atomic E-state index is 13.2. The molecule has 1 aliphatic carbocycles. The topological polar surface area (TPSA) is 105 Å². The number of rotatable bonds is 6. The van der Waals surface area contributed by atoms with Crippen molar-refractivity contribution in [2.45, 2.75) is 32.2 Å². The fraction of sp³-hybridized carbons (Fsp3) is 0.333. The highest BCUT2D eigenvalue weighted by atomic mass is 19.4. The third kappa shape index (κ3) is 4.74. The average Bonchev–Trinajstić information content (AvgIpc) is 3.55. The zero-order valence-electron chi connectivity index (χ0n) is 16.4. The van der Waals surface area contributed by atoms with Crippen molar-refractivity contribution < 1.29 is 23.1 Å². The summed E-state index contributed by atoms with van der Waals surface area (Å²) in [5, 5.41) is 17.1. The smallest absolute Gasteiger partial charge is 0.392 e. The Kier molecular flexibility index (Phi) is 5.48. The maximum Gasteiger partial charge on any atom is 0.435 e. The highest BCUT2D eigenvalue weighted by molar-refractivity contribution is 5.98. The molecule has 1 aliphatic rings. The van der Waals surface area contributed by atoms with E-state index in [0.29, 0.717) is 34.5 Å². The van der Waals surface area contributed by atoms with Gasteiger partial charge in [0, 0.05) is 17.5 Å². The fourth-order valence-electron chi connectivity index (χ4n) is 3.39. The van der Waals surface area contributed by atoms with Gasteiger partial charge in [-0.2, -0.15) is 18.3 Å². The SMILES string of the molecule is Nc1cc(CO)c2cc(C(=O)N(Cc3ccc(C(F)(F)F)nn3)CC3CC3)ccc2n1. The van der Waals surface area contributed by atoms with Crippen LogP contribution in [-0.2, 0) is 19.3 Å². The van der Waals surface area contributed by atoms with Crippen molar-refractivity contribution in [2.75, 3.05) is 12.3 Å². The summed E-state index contributed by atoms with van der Waals surface area (Å²) in [5.74, 6) is 0.351. The van der Waals surface area contributed by atoms with Crippen molar-refractivity contribution in [1.29, 1.82) is 0 Å². The number of aromatic nitrogens is 3. The lowest BCUT2D eigenvalue weighted by Crippen LogP contribution is -2.33. The Morgan fingerprint density at radius 3 is 2.55 bits per heavy atom. The minimum atomic E-state index is -4.57. The number of hydrogen-bond acceptors (Lipinski definition) is 6. The normalized spacial score (nSPS) is 14.1. The van der Waals surface area contributed by atoms with Crippen molar-refractivity contribution in [3.8, 4) is 0 Å². The van der Waals surface area contributed by atoms with Gasteiger partial charge >= 0.3 is 6.18 Å². The van der Waals surface area contributed by atoms with Crippen LogP contribution in [0.3, 0.4) is 0 Å². The summed E-state index contributed by atoms with van der Waals surface area (Å²) >= 11 is 0. The number of anilines is 1. The van der Waals surface area contributed by atoms with Crippen molar-refractivity contribution in [3.63, 3.8) is 0 Å². The monoisotopic (exact) mass is 431 g/mol. The zero-order chi connectivity index (χ0) is 22.2. The molecule has 31 heavy (non-hydrogen) atoms. The summed E-state index contributed by atoms with van der Waals surface area (Å²) in [6.07, 6.45) is -2.57. The predicted octanol–water partition coefficient (Wildman–Crippen LogP) is 3.17. The van der Waals surface area contributed by atoms with Gasteiger partial charge in [0.2, 0.25) is 0 Å². The van der Waals surface area contributed by atoms with Gasteiger partial charge in [0.1, 0.15) is 5.82 Å². The Morgan fingerprint density at radius 1 is 1.16 bits per heavy atom. The molecule has 0 atom stereocenters. The van der Waals surface area contributed by atoms with E-state index in [9.17, 15) is 23.1 Å². The number of alkyl halides is 3. The summed E-state index contributed by atoms with van der Waals surface area (Å²) in [4.78, 5) is 19.0. The first-order valence-electron chi connectivity index (χ1n) is 9.73. The van der Waals surface area contributed by atoms with Crippen LogP contribution in [0.4, 0.5) is 19.0 Å². The Hall–Kier alpha value is -3.27. The summed E-state index contributed by atoms with van der Waals surface area (Å²) in [6.45, 7) is 0.269. The second-order valence-electron chi connectivity index (χ2n) is 7.63. The second kappa shape index (κ2) is 8.10. The Labute approximate surface area is 175 Å². The van der Waals surface area contributed by atoms with Gasteiger partial charge in [-0.25, -0.2) is 4.98 Å². The van der Waals surface area contributed by atoms with E-state index in [1.165, 1.54) is 6.07 Å². The van der Waals surface area contributed by atoms with E-state index in [0.717, 1.165) is 18.9 Å². The zero-order valence-corrected chi connectivity index (χ0v) is 16.4. The first-order valence-corrected chi connectivity index (χ1v) is 9.73.